The molecule has 4 rings (SSSR count). The lowest BCUT2D eigenvalue weighted by Crippen LogP contribution is -2.12. The predicted molar refractivity (Wildman–Crippen MR) is 126 cm³/mol. The molecule has 0 saturated heterocycles. The van der Waals surface area contributed by atoms with Gasteiger partial charge in [-0.05, 0) is 73.2 Å². The zero-order valence-corrected chi connectivity index (χ0v) is 19.1. The van der Waals surface area contributed by atoms with Gasteiger partial charge >= 0.3 is 0 Å². The lowest BCUT2D eigenvalue weighted by atomic mass is 10.2. The lowest BCUT2D eigenvalue weighted by molar-refractivity contribution is 0.102. The number of amides is 1. The number of hydrogen-bond donors (Lipinski definition) is 1. The summed E-state index contributed by atoms with van der Waals surface area (Å²) >= 11 is 19.3. The molecule has 156 valence electrons. The highest BCUT2D eigenvalue weighted by molar-refractivity contribution is 7.18. The maximum Gasteiger partial charge on any atom is 0.259 e. The van der Waals surface area contributed by atoms with Crippen LogP contribution in [0.15, 0.2) is 60.7 Å². The van der Waals surface area contributed by atoms with Crippen molar-refractivity contribution in [1.29, 1.82) is 0 Å². The van der Waals surface area contributed by atoms with Crippen molar-refractivity contribution in [3.8, 4) is 22.1 Å². The fraction of sp³-hybridized carbons (Fsp3) is 0.0455. The monoisotopic (exact) mass is 489 g/mol. The fourth-order valence-corrected chi connectivity index (χ4v) is 4.07. The van der Waals surface area contributed by atoms with Gasteiger partial charge in [0.25, 0.3) is 5.91 Å². The Labute approximate surface area is 197 Å². The molecular weight excluding hydrogens is 477 g/mol. The van der Waals surface area contributed by atoms with E-state index in [0.717, 1.165) is 11.1 Å². The summed E-state index contributed by atoms with van der Waals surface area (Å²) in [5, 5.41) is 13.3. The number of ether oxygens (including phenoxy) is 1. The second-order valence-electron chi connectivity index (χ2n) is 6.53. The van der Waals surface area contributed by atoms with Crippen molar-refractivity contribution in [2.45, 2.75) is 6.92 Å². The van der Waals surface area contributed by atoms with Crippen LogP contribution in [-0.2, 0) is 0 Å². The molecule has 0 unspecified atom stereocenters. The van der Waals surface area contributed by atoms with E-state index >= 15 is 0 Å². The first-order valence-corrected chi connectivity index (χ1v) is 11.0. The molecule has 4 aromatic rings. The second kappa shape index (κ2) is 9.24. The highest BCUT2D eigenvalue weighted by Gasteiger charge is 2.14. The molecule has 3 aromatic carbocycles. The third-order valence-electron chi connectivity index (χ3n) is 4.29. The van der Waals surface area contributed by atoms with Crippen molar-refractivity contribution in [3.05, 3.63) is 86.9 Å². The molecule has 0 fully saturated rings. The number of carbonyl (C=O) groups excluding carboxylic acids is 1. The van der Waals surface area contributed by atoms with E-state index in [2.05, 4.69) is 15.5 Å². The maximum absolute atomic E-state index is 12.4. The minimum absolute atomic E-state index is 0.265. The number of aromatic nitrogens is 2. The third kappa shape index (κ3) is 5.17. The Morgan fingerprint density at radius 3 is 2.35 bits per heavy atom. The van der Waals surface area contributed by atoms with Gasteiger partial charge in [-0.25, -0.2) is 0 Å². The summed E-state index contributed by atoms with van der Waals surface area (Å²) in [7, 11) is 0. The number of aryl methyl sites for hydroxylation is 1. The molecule has 1 N–H and O–H groups in total. The van der Waals surface area contributed by atoms with Gasteiger partial charge in [-0.3, -0.25) is 10.1 Å². The van der Waals surface area contributed by atoms with Gasteiger partial charge in [0.1, 0.15) is 16.5 Å². The van der Waals surface area contributed by atoms with Gasteiger partial charge in [-0.15, -0.1) is 10.2 Å². The molecule has 1 heterocycles. The highest BCUT2D eigenvalue weighted by Crippen LogP contribution is 2.31. The van der Waals surface area contributed by atoms with E-state index in [4.69, 9.17) is 39.5 Å². The summed E-state index contributed by atoms with van der Waals surface area (Å²) in [5.41, 5.74) is 2.10. The van der Waals surface area contributed by atoms with Crippen LogP contribution in [-0.4, -0.2) is 16.1 Å². The standard InChI is InChI=1S/C22H14Cl3N3O2S/c1-12-10-16(7-9-18(12)24)30-15-5-2-13(3-6-15)21-27-28-22(31-21)26-20(29)17-8-4-14(23)11-19(17)25/h2-11H,1H3,(H,26,28,29). The van der Waals surface area contributed by atoms with Gasteiger partial charge in [0.05, 0.1) is 10.6 Å². The molecule has 0 radical (unpaired) electrons. The normalized spacial score (nSPS) is 10.7. The van der Waals surface area contributed by atoms with Crippen LogP contribution < -0.4 is 10.1 Å². The zero-order chi connectivity index (χ0) is 22.0. The van der Waals surface area contributed by atoms with E-state index in [9.17, 15) is 4.79 Å². The second-order valence-corrected chi connectivity index (χ2v) is 8.76. The van der Waals surface area contributed by atoms with E-state index in [0.29, 0.717) is 37.2 Å². The van der Waals surface area contributed by atoms with Gasteiger partial charge < -0.3 is 4.74 Å². The minimum Gasteiger partial charge on any atom is -0.457 e. The molecule has 1 amide bonds. The number of nitrogens with one attached hydrogen (secondary N) is 1. The van der Waals surface area contributed by atoms with E-state index in [1.165, 1.54) is 17.4 Å². The average molecular weight is 491 g/mol. The molecule has 1 aromatic heterocycles. The molecule has 5 nitrogen and oxygen atoms in total. The largest absolute Gasteiger partial charge is 0.457 e. The van der Waals surface area contributed by atoms with Gasteiger partial charge in [0, 0.05) is 15.6 Å². The molecule has 0 saturated carbocycles. The number of hydrogen-bond acceptors (Lipinski definition) is 5. The van der Waals surface area contributed by atoms with Crippen LogP contribution in [0.25, 0.3) is 10.6 Å². The van der Waals surface area contributed by atoms with E-state index < -0.39 is 0 Å². The van der Waals surface area contributed by atoms with Crippen molar-refractivity contribution in [1.82, 2.24) is 10.2 Å². The summed E-state index contributed by atoms with van der Waals surface area (Å²) in [6.07, 6.45) is 0. The topological polar surface area (TPSA) is 64.1 Å². The Bertz CT molecular complexity index is 1260. The molecule has 0 bridgehead atoms. The first kappa shape index (κ1) is 21.6. The van der Waals surface area contributed by atoms with Crippen LogP contribution >= 0.6 is 46.1 Å². The molecular formula is C22H14Cl3N3O2S. The SMILES string of the molecule is Cc1cc(Oc2ccc(-c3nnc(NC(=O)c4ccc(Cl)cc4Cl)s3)cc2)ccc1Cl. The number of anilines is 1. The number of rotatable bonds is 5. The highest BCUT2D eigenvalue weighted by atomic mass is 35.5. The van der Waals surface area contributed by atoms with Gasteiger partial charge in [0.2, 0.25) is 5.13 Å². The average Bonchev–Trinajstić information content (AvgIpc) is 3.19. The molecule has 0 atom stereocenters. The van der Waals surface area contributed by atoms with Crippen LogP contribution in [0.3, 0.4) is 0 Å². The summed E-state index contributed by atoms with van der Waals surface area (Å²) in [6.45, 7) is 1.92. The molecule has 0 aliphatic heterocycles. The number of carbonyl (C=O) groups is 1. The predicted octanol–water partition coefficient (Wildman–Crippen LogP) is 7.52. The summed E-state index contributed by atoms with van der Waals surface area (Å²) in [4.78, 5) is 12.4. The Balaban J connectivity index is 1.45. The summed E-state index contributed by atoms with van der Waals surface area (Å²) < 4.78 is 5.86. The Kier molecular flexibility index (Phi) is 6.43. The molecule has 0 aliphatic carbocycles. The Morgan fingerprint density at radius 1 is 0.903 bits per heavy atom. The number of nitrogens with zero attached hydrogens (tertiary/aromatic N) is 2. The first-order chi connectivity index (χ1) is 14.9. The summed E-state index contributed by atoms with van der Waals surface area (Å²) in [5.74, 6) is 1.00. The third-order valence-corrected chi connectivity index (χ3v) is 6.15. The van der Waals surface area contributed by atoms with E-state index in [-0.39, 0.29) is 10.9 Å². The molecule has 31 heavy (non-hydrogen) atoms. The van der Waals surface area contributed by atoms with E-state index in [1.807, 2.05) is 43.3 Å². The van der Waals surface area contributed by atoms with Crippen molar-refractivity contribution in [3.63, 3.8) is 0 Å². The van der Waals surface area contributed by atoms with Gasteiger partial charge in [-0.2, -0.15) is 0 Å². The minimum atomic E-state index is -0.383. The fourth-order valence-electron chi connectivity index (χ4n) is 2.71. The smallest absolute Gasteiger partial charge is 0.259 e. The van der Waals surface area contributed by atoms with Gasteiger partial charge in [0.15, 0.2) is 0 Å². The van der Waals surface area contributed by atoms with Crippen LogP contribution in [0.4, 0.5) is 5.13 Å². The van der Waals surface area contributed by atoms with Crippen molar-refractivity contribution >= 4 is 57.2 Å². The van der Waals surface area contributed by atoms with Crippen LogP contribution in [0.1, 0.15) is 15.9 Å². The van der Waals surface area contributed by atoms with E-state index in [1.54, 1.807) is 18.2 Å². The maximum atomic E-state index is 12.4. The molecule has 0 spiro atoms. The lowest BCUT2D eigenvalue weighted by Gasteiger charge is -2.07. The van der Waals surface area contributed by atoms with Crippen LogP contribution in [0.2, 0.25) is 15.1 Å². The Morgan fingerprint density at radius 2 is 1.65 bits per heavy atom. The van der Waals surface area contributed by atoms with Crippen LogP contribution in [0.5, 0.6) is 11.5 Å². The quantitative estimate of drug-likeness (QED) is 0.314. The van der Waals surface area contributed by atoms with Crippen molar-refractivity contribution in [2.75, 3.05) is 5.32 Å². The number of halogens is 3. The van der Waals surface area contributed by atoms with Crippen molar-refractivity contribution < 1.29 is 9.53 Å². The molecule has 9 heteroatoms. The zero-order valence-electron chi connectivity index (χ0n) is 16.0. The summed E-state index contributed by atoms with van der Waals surface area (Å²) in [6, 6.07) is 17.6. The first-order valence-electron chi connectivity index (χ1n) is 9.03. The Hall–Kier alpha value is -2.64. The molecule has 0 aliphatic rings. The van der Waals surface area contributed by atoms with Gasteiger partial charge in [-0.1, -0.05) is 46.1 Å². The van der Waals surface area contributed by atoms with Crippen molar-refractivity contribution in [2.24, 2.45) is 0 Å². The van der Waals surface area contributed by atoms with Crippen LogP contribution in [0, 0.1) is 6.92 Å². The number of benzene rings is 3.